The minimum atomic E-state index is -0.368. The van der Waals surface area contributed by atoms with Crippen molar-refractivity contribution < 1.29 is 9.53 Å². The van der Waals surface area contributed by atoms with Crippen molar-refractivity contribution in [3.63, 3.8) is 0 Å². The first kappa shape index (κ1) is 12.5. The van der Waals surface area contributed by atoms with Crippen LogP contribution >= 0.6 is 0 Å². The highest BCUT2D eigenvalue weighted by Crippen LogP contribution is 2.33. The molecule has 1 aliphatic carbocycles. The lowest BCUT2D eigenvalue weighted by molar-refractivity contribution is -0.153. The van der Waals surface area contributed by atoms with Gasteiger partial charge < -0.3 is 10.1 Å². The maximum Gasteiger partial charge on any atom is 0.320 e. The Bertz CT molecular complexity index is 204. The molecule has 0 atom stereocenters. The van der Waals surface area contributed by atoms with E-state index in [1.807, 2.05) is 20.8 Å². The zero-order chi connectivity index (χ0) is 11.3. The standard InChI is InChI=1S/C12H23NO2/c1-12(2,3)15-11(14)9-13-8-4-5-10-6-7-10/h10,13H,4-9H2,1-3H3. The summed E-state index contributed by atoms with van der Waals surface area (Å²) in [7, 11) is 0. The second kappa shape index (κ2) is 5.50. The summed E-state index contributed by atoms with van der Waals surface area (Å²) < 4.78 is 5.18. The number of carbonyl (C=O) groups excluding carboxylic acids is 1. The molecule has 0 aromatic heterocycles. The molecule has 0 bridgehead atoms. The minimum absolute atomic E-state index is 0.158. The molecule has 0 aromatic rings. The molecule has 15 heavy (non-hydrogen) atoms. The highest BCUT2D eigenvalue weighted by molar-refractivity contribution is 5.72. The second-order valence-electron chi connectivity index (χ2n) is 5.35. The molecule has 1 rings (SSSR count). The van der Waals surface area contributed by atoms with Gasteiger partial charge in [-0.3, -0.25) is 4.79 Å². The van der Waals surface area contributed by atoms with E-state index in [1.54, 1.807) is 0 Å². The molecule has 0 spiro atoms. The van der Waals surface area contributed by atoms with Crippen molar-refractivity contribution in [2.45, 2.75) is 52.1 Å². The highest BCUT2D eigenvalue weighted by atomic mass is 16.6. The van der Waals surface area contributed by atoms with Gasteiger partial charge in [0.1, 0.15) is 5.60 Å². The number of hydrogen-bond acceptors (Lipinski definition) is 3. The van der Waals surface area contributed by atoms with Crippen molar-refractivity contribution in [3.05, 3.63) is 0 Å². The Morgan fingerprint density at radius 1 is 1.40 bits per heavy atom. The van der Waals surface area contributed by atoms with Crippen molar-refractivity contribution in [1.29, 1.82) is 0 Å². The van der Waals surface area contributed by atoms with Gasteiger partial charge in [0, 0.05) is 0 Å². The van der Waals surface area contributed by atoms with E-state index in [1.165, 1.54) is 25.7 Å². The molecular formula is C12H23NO2. The van der Waals surface area contributed by atoms with Crippen LogP contribution in [0.25, 0.3) is 0 Å². The van der Waals surface area contributed by atoms with Crippen LogP contribution < -0.4 is 5.32 Å². The second-order valence-corrected chi connectivity index (χ2v) is 5.35. The normalized spacial score (nSPS) is 16.5. The Morgan fingerprint density at radius 3 is 2.60 bits per heavy atom. The van der Waals surface area contributed by atoms with Crippen LogP contribution in [0.4, 0.5) is 0 Å². The number of esters is 1. The van der Waals surface area contributed by atoms with Crippen LogP contribution in [-0.2, 0) is 9.53 Å². The first-order valence-electron chi connectivity index (χ1n) is 5.90. The van der Waals surface area contributed by atoms with Crippen molar-refractivity contribution in [2.24, 2.45) is 5.92 Å². The van der Waals surface area contributed by atoms with E-state index in [9.17, 15) is 4.79 Å². The van der Waals surface area contributed by atoms with Gasteiger partial charge in [0.05, 0.1) is 6.54 Å². The summed E-state index contributed by atoms with van der Waals surface area (Å²) >= 11 is 0. The van der Waals surface area contributed by atoms with Gasteiger partial charge >= 0.3 is 5.97 Å². The fourth-order valence-corrected chi connectivity index (χ4v) is 1.49. The largest absolute Gasteiger partial charge is 0.459 e. The maximum absolute atomic E-state index is 11.3. The molecule has 1 fully saturated rings. The highest BCUT2D eigenvalue weighted by Gasteiger charge is 2.20. The predicted octanol–water partition coefficient (Wildman–Crippen LogP) is 2.11. The quantitative estimate of drug-likeness (QED) is 0.542. The lowest BCUT2D eigenvalue weighted by Gasteiger charge is -2.19. The number of hydrogen-bond donors (Lipinski definition) is 1. The van der Waals surface area contributed by atoms with Gasteiger partial charge in [0.2, 0.25) is 0 Å². The van der Waals surface area contributed by atoms with Gasteiger partial charge in [-0.25, -0.2) is 0 Å². The SMILES string of the molecule is CC(C)(C)OC(=O)CNCCCC1CC1. The van der Waals surface area contributed by atoms with Gasteiger partial charge in [0.15, 0.2) is 0 Å². The molecular weight excluding hydrogens is 190 g/mol. The number of ether oxygens (including phenoxy) is 1. The van der Waals surface area contributed by atoms with Crippen LogP contribution in [0.5, 0.6) is 0 Å². The lowest BCUT2D eigenvalue weighted by Crippen LogP contribution is -2.31. The summed E-state index contributed by atoms with van der Waals surface area (Å²) in [5.74, 6) is 0.822. The lowest BCUT2D eigenvalue weighted by atomic mass is 10.2. The zero-order valence-corrected chi connectivity index (χ0v) is 10.1. The van der Waals surface area contributed by atoms with Crippen LogP contribution in [0, 0.1) is 5.92 Å². The molecule has 0 aromatic carbocycles. The fraction of sp³-hybridized carbons (Fsp3) is 0.917. The molecule has 1 N–H and O–H groups in total. The third-order valence-corrected chi connectivity index (χ3v) is 2.35. The van der Waals surface area contributed by atoms with E-state index in [0.717, 1.165) is 12.5 Å². The first-order valence-corrected chi connectivity index (χ1v) is 5.90. The Hall–Kier alpha value is -0.570. The Balaban J connectivity index is 1.91. The van der Waals surface area contributed by atoms with Crippen molar-refractivity contribution in [2.75, 3.05) is 13.1 Å². The van der Waals surface area contributed by atoms with Gasteiger partial charge in [-0.1, -0.05) is 12.8 Å². The summed E-state index contributed by atoms with van der Waals surface area (Å²) in [6.45, 7) is 6.92. The fourth-order valence-electron chi connectivity index (χ4n) is 1.49. The van der Waals surface area contributed by atoms with E-state index in [-0.39, 0.29) is 11.6 Å². The molecule has 1 aliphatic rings. The summed E-state index contributed by atoms with van der Waals surface area (Å²) in [6.07, 6.45) is 5.30. The molecule has 88 valence electrons. The van der Waals surface area contributed by atoms with Crippen molar-refractivity contribution >= 4 is 5.97 Å². The van der Waals surface area contributed by atoms with Gasteiger partial charge in [-0.05, 0) is 46.1 Å². The Kier molecular flexibility index (Phi) is 4.58. The molecule has 1 saturated carbocycles. The van der Waals surface area contributed by atoms with Gasteiger partial charge in [0.25, 0.3) is 0 Å². The smallest absolute Gasteiger partial charge is 0.320 e. The monoisotopic (exact) mass is 213 g/mol. The molecule has 0 unspecified atom stereocenters. The molecule has 3 heteroatoms. The third kappa shape index (κ3) is 7.37. The third-order valence-electron chi connectivity index (χ3n) is 2.35. The van der Waals surface area contributed by atoms with Crippen LogP contribution in [0.3, 0.4) is 0 Å². The van der Waals surface area contributed by atoms with E-state index in [4.69, 9.17) is 4.74 Å². The predicted molar refractivity (Wildman–Crippen MR) is 60.7 cm³/mol. The summed E-state index contributed by atoms with van der Waals surface area (Å²) in [5, 5.41) is 3.12. The molecule has 0 amide bonds. The number of nitrogens with one attached hydrogen (secondary N) is 1. The topological polar surface area (TPSA) is 38.3 Å². The molecule has 0 heterocycles. The zero-order valence-electron chi connectivity index (χ0n) is 10.1. The van der Waals surface area contributed by atoms with Gasteiger partial charge in [-0.2, -0.15) is 0 Å². The first-order chi connectivity index (χ1) is 6.97. The Labute approximate surface area is 92.6 Å². The van der Waals surface area contributed by atoms with Crippen molar-refractivity contribution in [1.82, 2.24) is 5.32 Å². The Morgan fingerprint density at radius 2 is 2.07 bits per heavy atom. The summed E-state index contributed by atoms with van der Waals surface area (Å²) in [5.41, 5.74) is -0.368. The summed E-state index contributed by atoms with van der Waals surface area (Å²) in [4.78, 5) is 11.3. The van der Waals surface area contributed by atoms with E-state index < -0.39 is 0 Å². The average molecular weight is 213 g/mol. The maximum atomic E-state index is 11.3. The number of carbonyl (C=O) groups is 1. The molecule has 0 saturated heterocycles. The van der Waals surface area contributed by atoms with E-state index in [0.29, 0.717) is 6.54 Å². The van der Waals surface area contributed by atoms with E-state index >= 15 is 0 Å². The van der Waals surface area contributed by atoms with Crippen LogP contribution in [0.2, 0.25) is 0 Å². The molecule has 3 nitrogen and oxygen atoms in total. The number of rotatable bonds is 6. The minimum Gasteiger partial charge on any atom is -0.459 e. The van der Waals surface area contributed by atoms with Crippen molar-refractivity contribution in [3.8, 4) is 0 Å². The van der Waals surface area contributed by atoms with Crippen LogP contribution in [0.1, 0.15) is 46.5 Å². The summed E-state index contributed by atoms with van der Waals surface area (Å²) in [6, 6.07) is 0. The molecule has 0 radical (unpaired) electrons. The van der Waals surface area contributed by atoms with Crippen LogP contribution in [-0.4, -0.2) is 24.7 Å². The van der Waals surface area contributed by atoms with E-state index in [2.05, 4.69) is 5.32 Å². The van der Waals surface area contributed by atoms with Crippen LogP contribution in [0.15, 0.2) is 0 Å². The average Bonchev–Trinajstić information content (AvgIpc) is 2.83. The molecule has 0 aliphatic heterocycles. The van der Waals surface area contributed by atoms with Gasteiger partial charge in [-0.15, -0.1) is 0 Å².